The summed E-state index contributed by atoms with van der Waals surface area (Å²) in [6.07, 6.45) is 0. The highest BCUT2D eigenvalue weighted by Crippen LogP contribution is 2.45. The highest BCUT2D eigenvalue weighted by atomic mass is 16.3. The first-order valence-corrected chi connectivity index (χ1v) is 19.1. The van der Waals surface area contributed by atoms with Crippen LogP contribution < -0.4 is 0 Å². The van der Waals surface area contributed by atoms with Gasteiger partial charge in [-0.1, -0.05) is 140 Å². The highest BCUT2D eigenvalue weighted by Gasteiger charge is 2.23. The molecule has 0 fully saturated rings. The van der Waals surface area contributed by atoms with E-state index in [2.05, 4.69) is 168 Å². The normalized spacial score (nSPS) is 12.3. The minimum atomic E-state index is 0.633. The lowest BCUT2D eigenvalue weighted by molar-refractivity contribution is 0.669. The first kappa shape index (κ1) is 29.8. The van der Waals surface area contributed by atoms with Crippen molar-refractivity contribution in [3.8, 4) is 17.2 Å². The maximum absolute atomic E-state index is 6.41. The summed E-state index contributed by atoms with van der Waals surface area (Å²) in [5, 5.41) is 17.7. The number of hydrogen-bond acceptors (Lipinski definition) is 3. The van der Waals surface area contributed by atoms with Gasteiger partial charge in [-0.05, 0) is 79.5 Å². The molecule has 0 spiro atoms. The van der Waals surface area contributed by atoms with Crippen LogP contribution in [0.3, 0.4) is 0 Å². The Hall–Kier alpha value is -7.56. The standard InChI is InChI=1S/C52H29N3O/c1-3-13-33-30(11-1)23-27-43-48(33)49-44(28-26-41-37-17-6-5-15-35(37)36-16-7-8-19-40(36)47(41)49)55(43)52-53-50(42-25-21-31-12-2-4-14-34(31)51(42)54-52)32-22-24-39-38-18-9-10-20-45(38)56-46(39)29-32/h1-29H. The van der Waals surface area contributed by atoms with E-state index >= 15 is 0 Å². The van der Waals surface area contributed by atoms with Crippen LogP contribution in [0, 0.1) is 0 Å². The van der Waals surface area contributed by atoms with Gasteiger partial charge in [0, 0.05) is 43.3 Å². The van der Waals surface area contributed by atoms with Crippen molar-refractivity contribution in [2.45, 2.75) is 0 Å². The topological polar surface area (TPSA) is 43.9 Å². The van der Waals surface area contributed by atoms with Crippen molar-refractivity contribution in [3.63, 3.8) is 0 Å². The van der Waals surface area contributed by atoms with Gasteiger partial charge in [0.1, 0.15) is 11.2 Å². The fourth-order valence-electron chi connectivity index (χ4n) is 9.52. The Bertz CT molecular complexity index is 3800. The molecule has 0 radical (unpaired) electrons. The largest absolute Gasteiger partial charge is 0.456 e. The van der Waals surface area contributed by atoms with Crippen LogP contribution in [-0.4, -0.2) is 14.5 Å². The van der Waals surface area contributed by atoms with Crippen molar-refractivity contribution >= 4 is 109 Å². The molecule has 10 aromatic carbocycles. The summed E-state index contributed by atoms with van der Waals surface area (Å²) in [5.74, 6) is 0.633. The first-order chi connectivity index (χ1) is 27.8. The molecule has 56 heavy (non-hydrogen) atoms. The highest BCUT2D eigenvalue weighted by molar-refractivity contribution is 6.37. The summed E-state index contributed by atoms with van der Waals surface area (Å²) in [6.45, 7) is 0. The molecule has 0 unspecified atom stereocenters. The Labute approximate surface area is 319 Å². The van der Waals surface area contributed by atoms with Crippen molar-refractivity contribution in [2.75, 3.05) is 0 Å². The van der Waals surface area contributed by atoms with E-state index in [0.29, 0.717) is 5.95 Å². The summed E-state index contributed by atoms with van der Waals surface area (Å²) >= 11 is 0. The summed E-state index contributed by atoms with van der Waals surface area (Å²) in [4.78, 5) is 11.1. The predicted octanol–water partition coefficient (Wildman–Crippen LogP) is 14.1. The average molecular weight is 712 g/mol. The molecular formula is C52H29N3O. The molecule has 13 rings (SSSR count). The second-order valence-electron chi connectivity index (χ2n) is 14.9. The van der Waals surface area contributed by atoms with E-state index in [-0.39, 0.29) is 0 Å². The molecule has 0 N–H and O–H groups in total. The zero-order valence-electron chi connectivity index (χ0n) is 30.0. The zero-order chi connectivity index (χ0) is 36.5. The number of nitrogens with zero attached hydrogens (tertiary/aromatic N) is 3. The van der Waals surface area contributed by atoms with E-state index in [1.54, 1.807) is 0 Å². The van der Waals surface area contributed by atoms with E-state index in [1.807, 2.05) is 12.1 Å². The molecule has 4 nitrogen and oxygen atoms in total. The number of hydrogen-bond donors (Lipinski definition) is 0. The minimum absolute atomic E-state index is 0.633. The van der Waals surface area contributed by atoms with Gasteiger partial charge in [-0.3, -0.25) is 4.57 Å². The maximum atomic E-state index is 6.41. The molecule has 0 saturated heterocycles. The van der Waals surface area contributed by atoms with Crippen LogP contribution in [0.4, 0.5) is 0 Å². The molecule has 258 valence electrons. The van der Waals surface area contributed by atoms with Crippen LogP contribution in [0.15, 0.2) is 180 Å². The lowest BCUT2D eigenvalue weighted by Crippen LogP contribution is -2.04. The van der Waals surface area contributed by atoms with Gasteiger partial charge < -0.3 is 4.42 Å². The molecule has 0 aliphatic heterocycles. The lowest BCUT2D eigenvalue weighted by atomic mass is 9.91. The summed E-state index contributed by atoms with van der Waals surface area (Å²) in [7, 11) is 0. The molecule has 13 aromatic rings. The molecule has 4 heteroatoms. The summed E-state index contributed by atoms with van der Waals surface area (Å²) in [6, 6.07) is 63.0. The number of rotatable bonds is 2. The Balaban J connectivity index is 1.22. The minimum Gasteiger partial charge on any atom is -0.456 e. The zero-order valence-corrected chi connectivity index (χ0v) is 30.0. The quantitative estimate of drug-likeness (QED) is 0.168. The van der Waals surface area contributed by atoms with Crippen molar-refractivity contribution in [1.29, 1.82) is 0 Å². The van der Waals surface area contributed by atoms with Crippen molar-refractivity contribution < 1.29 is 4.42 Å². The van der Waals surface area contributed by atoms with Gasteiger partial charge in [0.2, 0.25) is 5.95 Å². The number of aromatic nitrogens is 3. The smallest absolute Gasteiger partial charge is 0.235 e. The van der Waals surface area contributed by atoms with Gasteiger partial charge in [-0.15, -0.1) is 0 Å². The van der Waals surface area contributed by atoms with Gasteiger partial charge in [0.15, 0.2) is 0 Å². The molecular weight excluding hydrogens is 683 g/mol. The number of furan rings is 1. The maximum Gasteiger partial charge on any atom is 0.235 e. The third kappa shape index (κ3) is 3.97. The second-order valence-corrected chi connectivity index (χ2v) is 14.9. The van der Waals surface area contributed by atoms with Crippen LogP contribution in [-0.2, 0) is 0 Å². The summed E-state index contributed by atoms with van der Waals surface area (Å²) < 4.78 is 8.71. The third-order valence-corrected chi connectivity index (χ3v) is 12.0. The fraction of sp³-hybridized carbons (Fsp3) is 0. The van der Waals surface area contributed by atoms with Gasteiger partial charge in [0.25, 0.3) is 0 Å². The Morgan fingerprint density at radius 2 is 0.893 bits per heavy atom. The first-order valence-electron chi connectivity index (χ1n) is 19.1. The Kier molecular flexibility index (Phi) is 5.86. The van der Waals surface area contributed by atoms with Crippen LogP contribution in [0.1, 0.15) is 0 Å². The molecule has 0 amide bonds. The Morgan fingerprint density at radius 1 is 0.357 bits per heavy atom. The molecule has 0 aliphatic carbocycles. The van der Waals surface area contributed by atoms with Gasteiger partial charge in [0.05, 0.1) is 22.2 Å². The van der Waals surface area contributed by atoms with E-state index in [0.717, 1.165) is 65.9 Å². The monoisotopic (exact) mass is 711 g/mol. The van der Waals surface area contributed by atoms with Gasteiger partial charge in [-0.2, -0.15) is 0 Å². The molecule has 3 heterocycles. The second kappa shape index (κ2) is 11.0. The molecule has 0 saturated carbocycles. The molecule has 0 atom stereocenters. The van der Waals surface area contributed by atoms with E-state index in [1.165, 1.54) is 53.9 Å². The summed E-state index contributed by atoms with van der Waals surface area (Å²) in [5.41, 5.74) is 6.63. The van der Waals surface area contributed by atoms with E-state index in [4.69, 9.17) is 14.4 Å². The van der Waals surface area contributed by atoms with Crippen molar-refractivity contribution in [3.05, 3.63) is 176 Å². The van der Waals surface area contributed by atoms with Crippen molar-refractivity contribution in [2.24, 2.45) is 0 Å². The molecule has 0 aliphatic rings. The van der Waals surface area contributed by atoms with E-state index in [9.17, 15) is 0 Å². The van der Waals surface area contributed by atoms with Crippen molar-refractivity contribution in [1.82, 2.24) is 14.5 Å². The van der Waals surface area contributed by atoms with Crippen LogP contribution in [0.25, 0.3) is 126 Å². The number of para-hydroxylation sites is 1. The van der Waals surface area contributed by atoms with Gasteiger partial charge in [-0.25, -0.2) is 9.97 Å². The van der Waals surface area contributed by atoms with Crippen LogP contribution in [0.5, 0.6) is 0 Å². The SMILES string of the molecule is c1ccc2c(c1)ccc1c(-c3ccc4c(c3)oc3ccccc34)nc(-n3c4ccc5ccccc5c4c4c5c6ccccc6c6ccccc6c5ccc43)nc12. The average Bonchev–Trinajstić information content (AvgIpc) is 3.81. The van der Waals surface area contributed by atoms with E-state index < -0.39 is 0 Å². The van der Waals surface area contributed by atoms with Crippen LogP contribution in [0.2, 0.25) is 0 Å². The predicted molar refractivity (Wildman–Crippen MR) is 234 cm³/mol. The lowest BCUT2D eigenvalue weighted by Gasteiger charge is -2.14. The fourth-order valence-corrected chi connectivity index (χ4v) is 9.52. The third-order valence-electron chi connectivity index (χ3n) is 12.0. The number of fused-ring (bicyclic) bond motifs is 18. The Morgan fingerprint density at radius 3 is 1.70 bits per heavy atom. The van der Waals surface area contributed by atoms with Crippen LogP contribution >= 0.6 is 0 Å². The molecule has 0 bridgehead atoms. The van der Waals surface area contributed by atoms with Gasteiger partial charge >= 0.3 is 0 Å². The molecule has 3 aromatic heterocycles. The number of benzene rings is 10.